The molecule has 0 rings (SSSR count). The second-order valence-corrected chi connectivity index (χ2v) is 2.57. The topological polar surface area (TPSA) is 0 Å². The van der Waals surface area contributed by atoms with E-state index in [1.165, 1.54) is 24.1 Å². The minimum Gasteiger partial charge on any atom is -1.00 e. The largest absolute Gasteiger partial charge is 1.00 e. The zero-order valence-electron chi connectivity index (χ0n) is 9.69. The molecule has 0 spiro atoms. The van der Waals surface area contributed by atoms with Crippen LogP contribution in [0, 0.1) is 0 Å². The van der Waals surface area contributed by atoms with Gasteiger partial charge in [-0.15, -0.1) is 0 Å². The average Bonchev–Trinajstić information content (AvgIpc) is 1.87. The van der Waals surface area contributed by atoms with Crippen LogP contribution in [-0.2, 0) is 0 Å². The van der Waals surface area contributed by atoms with Gasteiger partial charge < -0.3 is 9.19 Å². The lowest BCUT2D eigenvalue weighted by Crippen LogP contribution is -3.00. The number of nitrogens with zero attached hydrogens (tertiary/aromatic N) is 1. The first-order valence-corrected chi connectivity index (χ1v) is 3.52. The lowest BCUT2D eigenvalue weighted by Gasteiger charge is -2.30. The first kappa shape index (κ1) is 60.1. The van der Waals surface area contributed by atoms with Crippen LogP contribution in [-0.4, -0.2) is 31.2 Å². The summed E-state index contributed by atoms with van der Waals surface area (Å²) in [6.45, 7) is 10.5. The molecule has 0 aromatic rings. The van der Waals surface area contributed by atoms with Crippen LogP contribution in [0.1, 0.15) is 20.8 Å². The first-order chi connectivity index (χ1) is 3.68. The summed E-state index contributed by atoms with van der Waals surface area (Å²) in [6.07, 6.45) is 0. The van der Waals surface area contributed by atoms with Gasteiger partial charge in [-0.05, 0) is 20.8 Å². The molecule has 0 fully saturated rings. The van der Waals surface area contributed by atoms with Crippen molar-refractivity contribution >= 4 is 9.90 Å². The summed E-state index contributed by atoms with van der Waals surface area (Å²) in [6, 6.07) is 0. The maximum atomic E-state index is 2.29. The molecule has 0 saturated carbocycles. The van der Waals surface area contributed by atoms with E-state index in [1.54, 1.807) is 0 Å². The minimum atomic E-state index is 0. The fourth-order valence-corrected chi connectivity index (χ4v) is 0.671. The van der Waals surface area contributed by atoms with Gasteiger partial charge in [0.15, 0.2) is 0 Å². The highest BCUT2D eigenvalue weighted by atomic mass is 31.0. The van der Waals surface area contributed by atoms with Crippen molar-refractivity contribution in [1.82, 2.24) is 0 Å². The summed E-state index contributed by atoms with van der Waals surface area (Å²) < 4.78 is 1.21. The summed E-state index contributed by atoms with van der Waals surface area (Å²) in [5, 5.41) is 0. The van der Waals surface area contributed by atoms with Crippen LogP contribution in [0.4, 0.5) is 23.5 Å². The highest BCUT2D eigenvalue weighted by Crippen LogP contribution is 1.97. The maximum absolute atomic E-state index is 2.29. The number of rotatable bonds is 3. The molecule has 0 amide bonds. The molecule has 0 aliphatic rings. The Morgan fingerprint density at radius 3 is 0.800 bits per heavy atom. The first-order valence-electron chi connectivity index (χ1n) is 3.52. The Balaban J connectivity index is -0.0000000117. The molecule has 0 N–H and O–H groups in total. The van der Waals surface area contributed by atoms with Gasteiger partial charge in [0.25, 0.3) is 0 Å². The SMILES string of the molecule is CC[N+](C)(CC)CC.F.F.F.F.F.P.[F-]. The highest BCUT2D eigenvalue weighted by molar-refractivity contribution is 6.92. The summed E-state index contributed by atoms with van der Waals surface area (Å²) in [5.41, 5.74) is 0. The van der Waals surface area contributed by atoms with Gasteiger partial charge in [-0.2, -0.15) is 9.90 Å². The van der Waals surface area contributed by atoms with Crippen LogP contribution >= 0.6 is 9.90 Å². The van der Waals surface area contributed by atoms with Crippen molar-refractivity contribution in [3.63, 3.8) is 0 Å². The monoisotopic (exact) mass is 269 g/mol. The van der Waals surface area contributed by atoms with E-state index >= 15 is 0 Å². The highest BCUT2D eigenvalue weighted by Gasteiger charge is 2.10. The van der Waals surface area contributed by atoms with Crippen molar-refractivity contribution in [3.05, 3.63) is 0 Å². The molecule has 0 saturated heterocycles. The Hall–Kier alpha value is -0.0300. The van der Waals surface area contributed by atoms with E-state index in [1.807, 2.05) is 0 Å². The van der Waals surface area contributed by atoms with Crippen molar-refractivity contribution in [2.24, 2.45) is 0 Å². The quantitative estimate of drug-likeness (QED) is 0.362. The molecule has 0 aromatic carbocycles. The predicted molar refractivity (Wildman–Crippen MR) is 61.4 cm³/mol. The molecule has 0 aliphatic carbocycles. The zero-order chi connectivity index (χ0) is 6.62. The van der Waals surface area contributed by atoms with Gasteiger partial charge in [-0.3, -0.25) is 23.5 Å². The van der Waals surface area contributed by atoms with Gasteiger partial charge in [0.1, 0.15) is 0 Å². The molecule has 0 aliphatic heterocycles. The van der Waals surface area contributed by atoms with Crippen LogP contribution < -0.4 is 4.70 Å². The van der Waals surface area contributed by atoms with Crippen LogP contribution in [0.2, 0.25) is 0 Å². The third-order valence-corrected chi connectivity index (χ3v) is 2.29. The summed E-state index contributed by atoms with van der Waals surface area (Å²) in [4.78, 5) is 0. The molecule has 0 heterocycles. The van der Waals surface area contributed by atoms with E-state index in [9.17, 15) is 0 Å². The van der Waals surface area contributed by atoms with Crippen molar-refractivity contribution < 1.29 is 32.7 Å². The minimum absolute atomic E-state index is 0. The Bertz CT molecular complexity index is 66.2. The zero-order valence-corrected chi connectivity index (χ0v) is 11.1. The Labute approximate surface area is 91.0 Å². The Kier molecular flexibility index (Phi) is 117. The van der Waals surface area contributed by atoms with E-state index < -0.39 is 0 Å². The second-order valence-electron chi connectivity index (χ2n) is 2.57. The van der Waals surface area contributed by atoms with Crippen molar-refractivity contribution in [2.45, 2.75) is 20.8 Å². The van der Waals surface area contributed by atoms with Gasteiger partial charge in [-0.1, -0.05) is 0 Å². The van der Waals surface area contributed by atoms with Gasteiger partial charge in [0.2, 0.25) is 0 Å². The Morgan fingerprint density at radius 2 is 0.800 bits per heavy atom. The van der Waals surface area contributed by atoms with E-state index in [0.717, 1.165) is 0 Å². The van der Waals surface area contributed by atoms with Crippen molar-refractivity contribution in [3.8, 4) is 0 Å². The number of quaternary nitrogens is 1. The summed E-state index contributed by atoms with van der Waals surface area (Å²) in [5.74, 6) is 0. The summed E-state index contributed by atoms with van der Waals surface area (Å²) in [7, 11) is 2.29. The fourth-order valence-electron chi connectivity index (χ4n) is 0.671. The van der Waals surface area contributed by atoms with E-state index in [4.69, 9.17) is 0 Å². The van der Waals surface area contributed by atoms with Crippen LogP contribution in [0.15, 0.2) is 0 Å². The molecule has 1 atom stereocenters. The molecular weight excluding hydrogens is 243 g/mol. The normalized spacial score (nSPS) is 6.40. The fraction of sp³-hybridized carbons (Fsp3) is 1.00. The average molecular weight is 269 g/mol. The lowest BCUT2D eigenvalue weighted by molar-refractivity contribution is -0.904. The third kappa shape index (κ3) is 24.9. The van der Waals surface area contributed by atoms with E-state index in [2.05, 4.69) is 27.8 Å². The van der Waals surface area contributed by atoms with E-state index in [-0.39, 0.29) is 38.1 Å². The maximum Gasteiger partial charge on any atom is 0.0755 e. The number of hydrogen-bond acceptors (Lipinski definition) is 0. The Morgan fingerprint density at radius 1 is 0.667 bits per heavy atom. The van der Waals surface area contributed by atoms with Gasteiger partial charge in [0.05, 0.1) is 26.7 Å². The molecule has 1 nitrogen and oxygen atoms in total. The molecule has 1 unspecified atom stereocenters. The van der Waals surface area contributed by atoms with Gasteiger partial charge >= 0.3 is 0 Å². The second kappa shape index (κ2) is 29.2. The molecule has 0 aromatic heterocycles. The van der Waals surface area contributed by atoms with Crippen molar-refractivity contribution in [2.75, 3.05) is 26.7 Å². The number of halogens is 6. The van der Waals surface area contributed by atoms with Gasteiger partial charge in [-0.25, -0.2) is 0 Å². The van der Waals surface area contributed by atoms with E-state index in [0.29, 0.717) is 0 Å². The number of hydrogen-bond donors (Lipinski definition) is 0. The summed E-state index contributed by atoms with van der Waals surface area (Å²) >= 11 is 0. The van der Waals surface area contributed by atoms with Crippen LogP contribution in [0.3, 0.4) is 0 Å². The molecule has 15 heavy (non-hydrogen) atoms. The van der Waals surface area contributed by atoms with Gasteiger partial charge in [0, 0.05) is 0 Å². The lowest BCUT2D eigenvalue weighted by atomic mass is 10.4. The van der Waals surface area contributed by atoms with Crippen molar-refractivity contribution in [1.29, 1.82) is 0 Å². The predicted octanol–water partition coefficient (Wildman–Crippen LogP) is -0.683. The standard InChI is InChI=1S/C7H18N.6FH.H3P/c1-5-8(4,6-2)7-3;;;;;;;/h5-7H2,1-4H3;6*1H;1H3/q+1;;;;;;;/p-1. The molecule has 106 valence electrons. The third-order valence-electron chi connectivity index (χ3n) is 2.29. The molecule has 8 heteroatoms. The molecule has 0 bridgehead atoms. The molecule has 0 radical (unpaired) electrons. The smallest absolute Gasteiger partial charge is 0.0755 e. The van der Waals surface area contributed by atoms with Crippen LogP contribution in [0.5, 0.6) is 0 Å². The van der Waals surface area contributed by atoms with Crippen LogP contribution in [0.25, 0.3) is 0 Å². The molecular formula is C7H26F6NP.